The average molecular weight is 286 g/mol. The number of carbonyl (C=O) groups is 1. The summed E-state index contributed by atoms with van der Waals surface area (Å²) in [5.74, 6) is -0.0524. The van der Waals surface area contributed by atoms with Gasteiger partial charge in [-0.05, 0) is 55.5 Å². The van der Waals surface area contributed by atoms with Crippen LogP contribution < -0.4 is 11.1 Å². The molecule has 0 spiro atoms. The fourth-order valence-corrected chi connectivity index (χ4v) is 3.83. The Balaban J connectivity index is 1.68. The fourth-order valence-electron chi connectivity index (χ4n) is 2.62. The number of carbonyl (C=O) groups excluding carboxylic acids is 1. The number of nitrogens with one attached hydrogen (secondary N) is 1. The normalized spacial score (nSPS) is 13.2. The number of nitrogen functional groups attached to an aromatic ring is 1. The van der Waals surface area contributed by atoms with E-state index >= 15 is 0 Å². The zero-order chi connectivity index (χ0) is 14.1. The Bertz CT molecular complexity index is 639. The largest absolute Gasteiger partial charge is 0.399 e. The summed E-state index contributed by atoms with van der Waals surface area (Å²) in [5, 5.41) is 2.99. The molecule has 1 aliphatic carbocycles. The molecule has 20 heavy (non-hydrogen) atoms. The SMILES string of the molecule is Cc1ccc(N)cc1C(=O)NCc1cc2c(s1)CCC2. The van der Waals surface area contributed by atoms with Crippen LogP contribution >= 0.6 is 11.3 Å². The van der Waals surface area contributed by atoms with E-state index in [9.17, 15) is 4.79 Å². The lowest BCUT2D eigenvalue weighted by Crippen LogP contribution is -2.23. The molecule has 0 aliphatic heterocycles. The average Bonchev–Trinajstić information content (AvgIpc) is 2.99. The zero-order valence-corrected chi connectivity index (χ0v) is 12.3. The number of anilines is 1. The Hall–Kier alpha value is -1.81. The summed E-state index contributed by atoms with van der Waals surface area (Å²) in [6.45, 7) is 2.53. The molecule has 1 aromatic carbocycles. The topological polar surface area (TPSA) is 55.1 Å². The fraction of sp³-hybridized carbons (Fsp3) is 0.312. The highest BCUT2D eigenvalue weighted by molar-refractivity contribution is 7.12. The monoisotopic (exact) mass is 286 g/mol. The van der Waals surface area contributed by atoms with Crippen molar-refractivity contribution >= 4 is 22.9 Å². The lowest BCUT2D eigenvalue weighted by Gasteiger charge is -2.07. The van der Waals surface area contributed by atoms with Gasteiger partial charge in [-0.1, -0.05) is 6.07 Å². The van der Waals surface area contributed by atoms with Crippen LogP contribution in [0.5, 0.6) is 0 Å². The molecule has 1 heterocycles. The highest BCUT2D eigenvalue weighted by Crippen LogP contribution is 2.30. The van der Waals surface area contributed by atoms with Crippen LogP contribution in [0.2, 0.25) is 0 Å². The minimum absolute atomic E-state index is 0.0524. The second-order valence-electron chi connectivity index (χ2n) is 5.27. The molecular formula is C16H18N2OS. The van der Waals surface area contributed by atoms with E-state index in [4.69, 9.17) is 5.73 Å². The van der Waals surface area contributed by atoms with Gasteiger partial charge in [0, 0.05) is 21.0 Å². The molecule has 3 nitrogen and oxygen atoms in total. The van der Waals surface area contributed by atoms with E-state index in [2.05, 4.69) is 11.4 Å². The van der Waals surface area contributed by atoms with Crippen LogP contribution in [0.15, 0.2) is 24.3 Å². The van der Waals surface area contributed by atoms with Crippen molar-refractivity contribution in [1.82, 2.24) is 5.32 Å². The first-order valence-electron chi connectivity index (χ1n) is 6.88. The standard InChI is InChI=1S/C16H18N2OS/c1-10-5-6-12(17)8-14(10)16(19)18-9-13-7-11-3-2-4-15(11)20-13/h5-8H,2-4,9,17H2,1H3,(H,18,19). The summed E-state index contributed by atoms with van der Waals surface area (Å²) in [7, 11) is 0. The van der Waals surface area contributed by atoms with Crippen molar-refractivity contribution in [3.05, 3.63) is 50.7 Å². The summed E-state index contributed by atoms with van der Waals surface area (Å²) in [6, 6.07) is 7.67. The number of amides is 1. The number of thiophene rings is 1. The van der Waals surface area contributed by atoms with Crippen LogP contribution in [0, 0.1) is 6.92 Å². The number of nitrogens with two attached hydrogens (primary N) is 1. The molecule has 1 amide bonds. The lowest BCUT2D eigenvalue weighted by atomic mass is 10.1. The van der Waals surface area contributed by atoms with Crippen molar-refractivity contribution in [3.8, 4) is 0 Å². The highest BCUT2D eigenvalue weighted by Gasteiger charge is 2.15. The first-order chi connectivity index (χ1) is 9.63. The second-order valence-corrected chi connectivity index (χ2v) is 6.49. The Morgan fingerprint density at radius 1 is 1.35 bits per heavy atom. The third-order valence-corrected chi connectivity index (χ3v) is 4.96. The molecule has 4 heteroatoms. The van der Waals surface area contributed by atoms with Gasteiger partial charge in [0.1, 0.15) is 0 Å². The van der Waals surface area contributed by atoms with E-state index in [1.54, 1.807) is 6.07 Å². The van der Waals surface area contributed by atoms with Crippen LogP contribution in [0.1, 0.15) is 37.7 Å². The molecule has 0 atom stereocenters. The van der Waals surface area contributed by atoms with Crippen molar-refractivity contribution in [3.63, 3.8) is 0 Å². The Morgan fingerprint density at radius 2 is 2.20 bits per heavy atom. The van der Waals surface area contributed by atoms with Crippen LogP contribution in [0.3, 0.4) is 0 Å². The molecule has 1 aliphatic rings. The van der Waals surface area contributed by atoms with Gasteiger partial charge in [-0.15, -0.1) is 11.3 Å². The molecule has 0 bridgehead atoms. The molecule has 3 N–H and O–H groups in total. The summed E-state index contributed by atoms with van der Waals surface area (Å²) in [5.41, 5.74) is 9.45. The van der Waals surface area contributed by atoms with E-state index in [1.165, 1.54) is 34.6 Å². The van der Waals surface area contributed by atoms with E-state index in [0.29, 0.717) is 17.8 Å². The molecule has 2 aromatic rings. The molecule has 0 unspecified atom stereocenters. The van der Waals surface area contributed by atoms with Crippen molar-refractivity contribution in [1.29, 1.82) is 0 Å². The number of hydrogen-bond donors (Lipinski definition) is 2. The van der Waals surface area contributed by atoms with Gasteiger partial charge in [0.2, 0.25) is 0 Å². The molecule has 0 fully saturated rings. The lowest BCUT2D eigenvalue weighted by molar-refractivity contribution is 0.0950. The van der Waals surface area contributed by atoms with Gasteiger partial charge < -0.3 is 11.1 Å². The first-order valence-corrected chi connectivity index (χ1v) is 7.70. The van der Waals surface area contributed by atoms with Gasteiger partial charge >= 0.3 is 0 Å². The van der Waals surface area contributed by atoms with E-state index in [1.807, 2.05) is 30.4 Å². The zero-order valence-electron chi connectivity index (χ0n) is 11.5. The van der Waals surface area contributed by atoms with Crippen molar-refractivity contribution in [2.75, 3.05) is 5.73 Å². The van der Waals surface area contributed by atoms with Crippen LogP contribution in [0.25, 0.3) is 0 Å². The van der Waals surface area contributed by atoms with Gasteiger partial charge in [0.05, 0.1) is 6.54 Å². The smallest absolute Gasteiger partial charge is 0.251 e. The van der Waals surface area contributed by atoms with Crippen LogP contribution in [-0.2, 0) is 19.4 Å². The van der Waals surface area contributed by atoms with Gasteiger partial charge in [-0.25, -0.2) is 0 Å². The van der Waals surface area contributed by atoms with Gasteiger partial charge in [0.25, 0.3) is 5.91 Å². The maximum absolute atomic E-state index is 12.2. The summed E-state index contributed by atoms with van der Waals surface area (Å²) < 4.78 is 0. The number of fused-ring (bicyclic) bond motifs is 1. The van der Waals surface area contributed by atoms with Crippen LogP contribution in [0.4, 0.5) is 5.69 Å². The Kier molecular flexibility index (Phi) is 3.49. The molecule has 104 valence electrons. The minimum atomic E-state index is -0.0524. The predicted molar refractivity (Wildman–Crippen MR) is 83.1 cm³/mol. The predicted octanol–water partition coefficient (Wildman–Crippen LogP) is 3.06. The number of benzene rings is 1. The van der Waals surface area contributed by atoms with Crippen molar-refractivity contribution in [2.45, 2.75) is 32.7 Å². The van der Waals surface area contributed by atoms with Gasteiger partial charge in [-0.3, -0.25) is 4.79 Å². The Morgan fingerprint density at radius 3 is 3.00 bits per heavy atom. The minimum Gasteiger partial charge on any atom is -0.399 e. The van der Waals surface area contributed by atoms with E-state index in [0.717, 1.165) is 5.56 Å². The summed E-state index contributed by atoms with van der Waals surface area (Å²) in [4.78, 5) is 14.9. The second kappa shape index (κ2) is 5.29. The Labute approximate surface area is 122 Å². The third kappa shape index (κ3) is 2.56. The van der Waals surface area contributed by atoms with Gasteiger partial charge in [-0.2, -0.15) is 0 Å². The highest BCUT2D eigenvalue weighted by atomic mass is 32.1. The number of rotatable bonds is 3. The first kappa shape index (κ1) is 13.2. The maximum Gasteiger partial charge on any atom is 0.251 e. The summed E-state index contributed by atoms with van der Waals surface area (Å²) >= 11 is 1.83. The van der Waals surface area contributed by atoms with Crippen molar-refractivity contribution in [2.24, 2.45) is 0 Å². The molecular weight excluding hydrogens is 268 g/mol. The van der Waals surface area contributed by atoms with Gasteiger partial charge in [0.15, 0.2) is 0 Å². The van der Waals surface area contributed by atoms with Crippen LogP contribution in [-0.4, -0.2) is 5.91 Å². The van der Waals surface area contributed by atoms with E-state index < -0.39 is 0 Å². The number of hydrogen-bond acceptors (Lipinski definition) is 3. The van der Waals surface area contributed by atoms with Crippen molar-refractivity contribution < 1.29 is 4.79 Å². The number of aryl methyl sites for hydroxylation is 3. The quantitative estimate of drug-likeness (QED) is 0.852. The summed E-state index contributed by atoms with van der Waals surface area (Å²) in [6.07, 6.45) is 3.66. The molecule has 3 rings (SSSR count). The molecule has 0 radical (unpaired) electrons. The molecule has 0 saturated heterocycles. The maximum atomic E-state index is 12.2. The van der Waals surface area contributed by atoms with E-state index in [-0.39, 0.29) is 5.91 Å². The molecule has 1 aromatic heterocycles. The third-order valence-electron chi connectivity index (χ3n) is 3.73. The molecule has 0 saturated carbocycles.